The van der Waals surface area contributed by atoms with E-state index in [0.29, 0.717) is 5.95 Å². The second kappa shape index (κ2) is 1.90. The number of rotatable bonds is 1. The molecule has 0 radical (unpaired) electrons. The van der Waals surface area contributed by atoms with Crippen LogP contribution < -0.4 is 0 Å². The van der Waals surface area contributed by atoms with E-state index in [1.165, 1.54) is 11.0 Å². The highest BCUT2D eigenvalue weighted by atomic mass is 15.5. The van der Waals surface area contributed by atoms with Gasteiger partial charge in [0, 0.05) is 0 Å². The summed E-state index contributed by atoms with van der Waals surface area (Å²) < 4.78 is 1.49. The molecule has 10 heavy (non-hydrogen) atoms. The zero-order valence-corrected chi connectivity index (χ0v) is 4.97. The Morgan fingerprint density at radius 3 is 3.10 bits per heavy atom. The first kappa shape index (κ1) is 5.10. The van der Waals surface area contributed by atoms with E-state index < -0.39 is 0 Å². The van der Waals surface area contributed by atoms with Gasteiger partial charge in [-0.25, -0.2) is 5.10 Å². The molecule has 50 valence electrons. The van der Waals surface area contributed by atoms with Crippen LogP contribution in [0.5, 0.6) is 0 Å². The Labute approximate surface area is 55.9 Å². The molecular weight excluding hydrogens is 132 g/mol. The molecular formula is C4H4N6. The van der Waals surface area contributed by atoms with Crippen LogP contribution in [0.25, 0.3) is 5.95 Å². The largest absolute Gasteiger partial charge is 0.247 e. The summed E-state index contributed by atoms with van der Waals surface area (Å²) in [7, 11) is 0. The molecule has 6 nitrogen and oxygen atoms in total. The molecule has 0 aliphatic heterocycles. The van der Waals surface area contributed by atoms with E-state index in [0.717, 1.165) is 0 Å². The Balaban J connectivity index is 2.48. The number of hydrogen-bond donors (Lipinski definition) is 1. The predicted octanol–water partition coefficient (Wildman–Crippen LogP) is -0.615. The fourth-order valence-corrected chi connectivity index (χ4v) is 0.631. The molecule has 0 atom stereocenters. The minimum Gasteiger partial charge on any atom is -0.244 e. The predicted molar refractivity (Wildman–Crippen MR) is 31.3 cm³/mol. The Bertz CT molecular complexity index is 249. The van der Waals surface area contributed by atoms with E-state index in [9.17, 15) is 0 Å². The molecule has 2 rings (SSSR count). The van der Waals surface area contributed by atoms with Gasteiger partial charge in [-0.1, -0.05) is 5.21 Å². The maximum atomic E-state index is 3.85. The van der Waals surface area contributed by atoms with Crippen molar-refractivity contribution in [2.75, 3.05) is 0 Å². The summed E-state index contributed by atoms with van der Waals surface area (Å²) in [5, 5.41) is 13.6. The monoisotopic (exact) mass is 136 g/mol. The molecule has 0 aromatic carbocycles. The molecule has 1 N–H and O–H groups in total. The third kappa shape index (κ3) is 0.661. The Morgan fingerprint density at radius 1 is 1.50 bits per heavy atom. The minimum absolute atomic E-state index is 0.567. The van der Waals surface area contributed by atoms with Gasteiger partial charge in [0.05, 0.1) is 12.4 Å². The molecule has 2 heterocycles. The van der Waals surface area contributed by atoms with Crippen LogP contribution >= 0.6 is 0 Å². The third-order valence-electron chi connectivity index (χ3n) is 1.04. The molecule has 2 aromatic rings. The lowest BCUT2D eigenvalue weighted by Gasteiger charge is -1.87. The summed E-state index contributed by atoms with van der Waals surface area (Å²) in [6.45, 7) is 0. The lowest BCUT2D eigenvalue weighted by Crippen LogP contribution is -1.96. The molecule has 0 bridgehead atoms. The van der Waals surface area contributed by atoms with Crippen molar-refractivity contribution in [3.63, 3.8) is 0 Å². The molecule has 0 unspecified atom stereocenters. The maximum Gasteiger partial charge on any atom is 0.247 e. The Morgan fingerprint density at radius 2 is 2.50 bits per heavy atom. The lowest BCUT2D eigenvalue weighted by atomic mass is 10.9. The van der Waals surface area contributed by atoms with Gasteiger partial charge in [0.15, 0.2) is 0 Å². The van der Waals surface area contributed by atoms with Crippen LogP contribution in [0.2, 0.25) is 0 Å². The van der Waals surface area contributed by atoms with Gasteiger partial charge < -0.3 is 0 Å². The van der Waals surface area contributed by atoms with Crippen molar-refractivity contribution in [2.45, 2.75) is 0 Å². The lowest BCUT2D eigenvalue weighted by molar-refractivity contribution is 0.759. The fraction of sp³-hybridized carbons (Fsp3) is 0. The normalized spacial score (nSPS) is 10.0. The molecule has 0 amide bonds. The molecule has 0 aliphatic rings. The van der Waals surface area contributed by atoms with E-state index in [4.69, 9.17) is 0 Å². The van der Waals surface area contributed by atoms with Gasteiger partial charge in [-0.2, -0.15) is 14.8 Å². The molecule has 6 heteroatoms. The van der Waals surface area contributed by atoms with Crippen molar-refractivity contribution < 1.29 is 0 Å². The van der Waals surface area contributed by atoms with Crippen molar-refractivity contribution in [2.24, 2.45) is 0 Å². The SMILES string of the molecule is c1cn(-c2ncn[nH]2)nn1. The van der Waals surface area contributed by atoms with Gasteiger partial charge in [-0.3, -0.25) is 0 Å². The van der Waals surface area contributed by atoms with E-state index in [2.05, 4.69) is 25.5 Å². The highest BCUT2D eigenvalue weighted by Crippen LogP contribution is 1.90. The average molecular weight is 136 g/mol. The third-order valence-corrected chi connectivity index (χ3v) is 1.04. The summed E-state index contributed by atoms with van der Waals surface area (Å²) >= 11 is 0. The van der Waals surface area contributed by atoms with Gasteiger partial charge in [0.25, 0.3) is 0 Å². The van der Waals surface area contributed by atoms with E-state index in [1.54, 1.807) is 12.4 Å². The van der Waals surface area contributed by atoms with Crippen molar-refractivity contribution >= 4 is 0 Å². The quantitative estimate of drug-likeness (QED) is 0.567. The first-order chi connectivity index (χ1) is 4.97. The smallest absolute Gasteiger partial charge is 0.244 e. The molecule has 0 saturated heterocycles. The first-order valence-corrected chi connectivity index (χ1v) is 2.69. The first-order valence-electron chi connectivity index (χ1n) is 2.69. The minimum atomic E-state index is 0.567. The highest BCUT2D eigenvalue weighted by Gasteiger charge is 1.95. The van der Waals surface area contributed by atoms with Gasteiger partial charge in [-0.05, 0) is 0 Å². The molecule has 0 spiro atoms. The van der Waals surface area contributed by atoms with Crippen molar-refractivity contribution in [1.82, 2.24) is 30.2 Å². The van der Waals surface area contributed by atoms with Crippen LogP contribution in [0.4, 0.5) is 0 Å². The molecule has 0 saturated carbocycles. The number of aromatic amines is 1. The Hall–Kier alpha value is -1.72. The van der Waals surface area contributed by atoms with Crippen molar-refractivity contribution in [3.05, 3.63) is 18.7 Å². The van der Waals surface area contributed by atoms with Crippen LogP contribution in [0.1, 0.15) is 0 Å². The van der Waals surface area contributed by atoms with Crippen LogP contribution in [0.15, 0.2) is 18.7 Å². The molecule has 0 aliphatic carbocycles. The number of H-pyrrole nitrogens is 1. The van der Waals surface area contributed by atoms with Crippen LogP contribution in [-0.4, -0.2) is 30.2 Å². The number of hydrogen-bond acceptors (Lipinski definition) is 4. The van der Waals surface area contributed by atoms with Gasteiger partial charge in [-0.15, -0.1) is 5.10 Å². The summed E-state index contributed by atoms with van der Waals surface area (Å²) in [6.07, 6.45) is 4.67. The van der Waals surface area contributed by atoms with E-state index in [1.807, 2.05) is 0 Å². The number of nitrogens with zero attached hydrogens (tertiary/aromatic N) is 5. The standard InChI is InChI=1S/C4H4N6/c1-2-10(9-6-1)4-5-3-7-8-4/h1-3H,(H,5,7,8). The summed E-state index contributed by atoms with van der Waals surface area (Å²) in [5.41, 5.74) is 0. The van der Waals surface area contributed by atoms with Crippen molar-refractivity contribution in [3.8, 4) is 5.95 Å². The number of nitrogens with one attached hydrogen (secondary N) is 1. The van der Waals surface area contributed by atoms with Crippen LogP contribution in [0, 0.1) is 0 Å². The zero-order chi connectivity index (χ0) is 6.81. The highest BCUT2D eigenvalue weighted by molar-refractivity contribution is 5.01. The summed E-state index contributed by atoms with van der Waals surface area (Å²) in [6, 6.07) is 0. The summed E-state index contributed by atoms with van der Waals surface area (Å²) in [5.74, 6) is 0.567. The second-order valence-corrected chi connectivity index (χ2v) is 1.66. The van der Waals surface area contributed by atoms with E-state index >= 15 is 0 Å². The van der Waals surface area contributed by atoms with Crippen LogP contribution in [-0.2, 0) is 0 Å². The topological polar surface area (TPSA) is 72.3 Å². The second-order valence-electron chi connectivity index (χ2n) is 1.66. The van der Waals surface area contributed by atoms with Gasteiger partial charge in [0.2, 0.25) is 5.95 Å². The maximum absolute atomic E-state index is 3.85. The zero-order valence-electron chi connectivity index (χ0n) is 4.97. The Kier molecular flexibility index (Phi) is 0.970. The fourth-order valence-electron chi connectivity index (χ4n) is 0.631. The van der Waals surface area contributed by atoms with Gasteiger partial charge >= 0.3 is 0 Å². The number of aromatic nitrogens is 6. The average Bonchev–Trinajstić information content (AvgIpc) is 2.59. The molecule has 2 aromatic heterocycles. The van der Waals surface area contributed by atoms with Crippen molar-refractivity contribution in [1.29, 1.82) is 0 Å². The van der Waals surface area contributed by atoms with Crippen LogP contribution in [0.3, 0.4) is 0 Å². The van der Waals surface area contributed by atoms with Gasteiger partial charge in [0.1, 0.15) is 6.33 Å². The molecule has 0 fully saturated rings. The van der Waals surface area contributed by atoms with E-state index in [-0.39, 0.29) is 0 Å². The summed E-state index contributed by atoms with van der Waals surface area (Å²) in [4.78, 5) is 3.85.